The average molecular weight is 529 g/mol. The molecule has 8 rings (SSSR count). The predicted octanol–water partition coefficient (Wildman–Crippen LogP) is 9.35. The first-order valence-electron chi connectivity index (χ1n) is 14.3. The van der Waals surface area contributed by atoms with Crippen LogP contribution in [0.15, 0.2) is 140 Å². The van der Waals surface area contributed by atoms with Gasteiger partial charge < -0.3 is 9.13 Å². The maximum absolute atomic E-state index is 14.3. The summed E-state index contributed by atoms with van der Waals surface area (Å²) in [6, 6.07) is 48.8. The lowest BCUT2D eigenvalue weighted by Gasteiger charge is -2.24. The minimum absolute atomic E-state index is 0.0698. The SMILES string of the molecule is O=C1CCC(c2ccccc2)c2c(n(-c3ccccc3)c3ccccc23)-c2c1c1ccccc1n2-c1ccccc1. The molecule has 0 spiro atoms. The van der Waals surface area contributed by atoms with Crippen LogP contribution < -0.4 is 0 Å². The van der Waals surface area contributed by atoms with E-state index in [1.165, 1.54) is 16.5 Å². The topological polar surface area (TPSA) is 26.9 Å². The number of para-hydroxylation sites is 4. The summed E-state index contributed by atoms with van der Waals surface area (Å²) >= 11 is 0. The van der Waals surface area contributed by atoms with E-state index in [-0.39, 0.29) is 11.7 Å². The zero-order chi connectivity index (χ0) is 27.3. The van der Waals surface area contributed by atoms with Gasteiger partial charge in [-0.1, -0.05) is 103 Å². The number of carbonyl (C=O) groups is 1. The summed E-state index contributed by atoms with van der Waals surface area (Å²) in [5.74, 6) is 0.266. The molecule has 0 aliphatic heterocycles. The molecule has 0 saturated heterocycles. The van der Waals surface area contributed by atoms with Gasteiger partial charge in [-0.15, -0.1) is 0 Å². The molecule has 0 radical (unpaired) electrons. The first-order chi connectivity index (χ1) is 20.3. The van der Waals surface area contributed by atoms with Crippen LogP contribution in [0.25, 0.3) is 44.6 Å². The standard InChI is InChI=1S/C38H28N2O/c41-34-25-24-29(26-14-4-1-5-15-26)35-30-20-10-12-22-32(30)39(27-16-6-2-7-17-27)37(35)38-36(34)31-21-11-13-23-33(31)40(38)28-18-8-3-9-19-28/h1-23,29H,24-25H2. The molecule has 0 N–H and O–H groups in total. The van der Waals surface area contributed by atoms with Crippen molar-refractivity contribution in [2.24, 2.45) is 0 Å². The van der Waals surface area contributed by atoms with E-state index in [1.54, 1.807) is 0 Å². The van der Waals surface area contributed by atoms with Crippen molar-refractivity contribution < 1.29 is 4.79 Å². The highest BCUT2D eigenvalue weighted by Gasteiger charge is 2.35. The van der Waals surface area contributed by atoms with Gasteiger partial charge in [-0.05, 0) is 53.9 Å². The molecule has 196 valence electrons. The van der Waals surface area contributed by atoms with Crippen LogP contribution in [0.5, 0.6) is 0 Å². The molecule has 5 aromatic carbocycles. The highest BCUT2D eigenvalue weighted by atomic mass is 16.1. The minimum Gasteiger partial charge on any atom is -0.307 e. The Kier molecular flexibility index (Phi) is 5.49. The number of aromatic nitrogens is 2. The van der Waals surface area contributed by atoms with E-state index < -0.39 is 0 Å². The van der Waals surface area contributed by atoms with Crippen LogP contribution in [0.2, 0.25) is 0 Å². The van der Waals surface area contributed by atoms with Crippen LogP contribution in [0, 0.1) is 0 Å². The molecule has 41 heavy (non-hydrogen) atoms. The van der Waals surface area contributed by atoms with Crippen molar-refractivity contribution in [3.05, 3.63) is 156 Å². The molecular weight excluding hydrogens is 500 g/mol. The number of fused-ring (bicyclic) bond motifs is 7. The van der Waals surface area contributed by atoms with Gasteiger partial charge in [0, 0.05) is 34.5 Å². The summed E-state index contributed by atoms with van der Waals surface area (Å²) in [7, 11) is 0. The van der Waals surface area contributed by atoms with Crippen molar-refractivity contribution in [1.29, 1.82) is 0 Å². The Hall–Kier alpha value is -5.15. The number of rotatable bonds is 3. The fraction of sp³-hybridized carbons (Fsp3) is 0.0789. The van der Waals surface area contributed by atoms with Gasteiger partial charge in [-0.3, -0.25) is 4.79 Å². The molecule has 0 saturated carbocycles. The van der Waals surface area contributed by atoms with Gasteiger partial charge in [0.25, 0.3) is 0 Å². The fourth-order valence-corrected chi connectivity index (χ4v) is 6.85. The molecule has 1 aliphatic carbocycles. The number of hydrogen-bond donors (Lipinski definition) is 0. The van der Waals surface area contributed by atoms with Crippen molar-refractivity contribution in [1.82, 2.24) is 9.13 Å². The second kappa shape index (κ2) is 9.50. The average Bonchev–Trinajstić information content (AvgIpc) is 3.55. The van der Waals surface area contributed by atoms with Crippen molar-refractivity contribution in [3.63, 3.8) is 0 Å². The van der Waals surface area contributed by atoms with E-state index >= 15 is 0 Å². The van der Waals surface area contributed by atoms with E-state index in [9.17, 15) is 4.79 Å². The second-order valence-corrected chi connectivity index (χ2v) is 10.8. The number of nitrogens with zero attached hydrogens (tertiary/aromatic N) is 2. The van der Waals surface area contributed by atoms with E-state index in [0.29, 0.717) is 6.42 Å². The Bertz CT molecular complexity index is 2050. The van der Waals surface area contributed by atoms with Gasteiger partial charge in [-0.2, -0.15) is 0 Å². The number of carbonyl (C=O) groups excluding carboxylic acids is 1. The summed E-state index contributed by atoms with van der Waals surface area (Å²) in [5.41, 5.74) is 9.73. The van der Waals surface area contributed by atoms with Gasteiger partial charge in [0.1, 0.15) is 0 Å². The maximum Gasteiger partial charge on any atom is 0.165 e. The Morgan fingerprint density at radius 3 is 1.63 bits per heavy atom. The van der Waals surface area contributed by atoms with Gasteiger partial charge in [0.15, 0.2) is 5.78 Å². The van der Waals surface area contributed by atoms with Crippen molar-refractivity contribution in [2.45, 2.75) is 18.8 Å². The summed E-state index contributed by atoms with van der Waals surface area (Å²) < 4.78 is 4.70. The molecule has 7 aromatic rings. The second-order valence-electron chi connectivity index (χ2n) is 10.8. The van der Waals surface area contributed by atoms with Crippen LogP contribution in [0.1, 0.15) is 40.2 Å². The van der Waals surface area contributed by atoms with Crippen LogP contribution in [-0.2, 0) is 0 Å². The molecule has 3 heteroatoms. The Morgan fingerprint density at radius 2 is 1.00 bits per heavy atom. The molecule has 0 bridgehead atoms. The number of Topliss-reactive ketones (excluding diaryl/α,β-unsaturated/α-hetero) is 1. The zero-order valence-corrected chi connectivity index (χ0v) is 22.6. The van der Waals surface area contributed by atoms with Crippen LogP contribution in [0.4, 0.5) is 0 Å². The largest absolute Gasteiger partial charge is 0.307 e. The fourth-order valence-electron chi connectivity index (χ4n) is 6.85. The molecule has 0 fully saturated rings. The highest BCUT2D eigenvalue weighted by molar-refractivity contribution is 6.16. The van der Waals surface area contributed by atoms with Crippen molar-refractivity contribution in [3.8, 4) is 22.8 Å². The summed E-state index contributed by atoms with van der Waals surface area (Å²) in [6.07, 6.45) is 1.24. The number of ketones is 1. The van der Waals surface area contributed by atoms with Crippen molar-refractivity contribution >= 4 is 27.6 Å². The minimum atomic E-state index is 0.0698. The molecule has 1 atom stereocenters. The molecular formula is C38H28N2O. The lowest BCUT2D eigenvalue weighted by molar-refractivity contribution is 0.0980. The first-order valence-corrected chi connectivity index (χ1v) is 14.3. The molecule has 2 aromatic heterocycles. The van der Waals surface area contributed by atoms with E-state index in [1.807, 2.05) is 12.1 Å². The molecule has 1 unspecified atom stereocenters. The van der Waals surface area contributed by atoms with E-state index in [4.69, 9.17) is 0 Å². The van der Waals surface area contributed by atoms with Gasteiger partial charge in [0.05, 0.1) is 28.0 Å². The van der Waals surface area contributed by atoms with Crippen LogP contribution in [0.3, 0.4) is 0 Å². The lowest BCUT2D eigenvalue weighted by Crippen LogP contribution is -2.14. The maximum atomic E-state index is 14.3. The number of hydrogen-bond acceptors (Lipinski definition) is 1. The van der Waals surface area contributed by atoms with E-state index in [2.05, 4.69) is 137 Å². The Morgan fingerprint density at radius 1 is 0.512 bits per heavy atom. The summed E-state index contributed by atoms with van der Waals surface area (Å²) in [6.45, 7) is 0. The predicted molar refractivity (Wildman–Crippen MR) is 167 cm³/mol. The first kappa shape index (κ1) is 23.7. The van der Waals surface area contributed by atoms with E-state index in [0.717, 1.165) is 51.2 Å². The summed E-state index contributed by atoms with van der Waals surface area (Å²) in [4.78, 5) is 14.3. The van der Waals surface area contributed by atoms with Crippen LogP contribution >= 0.6 is 0 Å². The monoisotopic (exact) mass is 528 g/mol. The lowest BCUT2D eigenvalue weighted by atomic mass is 9.81. The van der Waals surface area contributed by atoms with Crippen LogP contribution in [-0.4, -0.2) is 14.9 Å². The summed E-state index contributed by atoms with van der Waals surface area (Å²) in [5, 5.41) is 2.23. The third-order valence-electron chi connectivity index (χ3n) is 8.53. The third-order valence-corrected chi connectivity index (χ3v) is 8.53. The third kappa shape index (κ3) is 3.63. The molecule has 0 amide bonds. The van der Waals surface area contributed by atoms with Gasteiger partial charge in [-0.25, -0.2) is 0 Å². The molecule has 1 aliphatic rings. The Balaban J connectivity index is 1.63. The molecule has 2 heterocycles. The van der Waals surface area contributed by atoms with Gasteiger partial charge in [0.2, 0.25) is 0 Å². The normalized spacial score (nSPS) is 14.9. The van der Waals surface area contributed by atoms with Crippen molar-refractivity contribution in [2.75, 3.05) is 0 Å². The Labute approximate surface area is 238 Å². The number of benzene rings is 5. The molecule has 3 nitrogen and oxygen atoms in total. The highest BCUT2D eigenvalue weighted by Crippen LogP contribution is 2.49. The zero-order valence-electron chi connectivity index (χ0n) is 22.6. The van der Waals surface area contributed by atoms with Gasteiger partial charge >= 0.3 is 0 Å². The quantitative estimate of drug-likeness (QED) is 0.224. The smallest absolute Gasteiger partial charge is 0.165 e.